The van der Waals surface area contributed by atoms with Gasteiger partial charge in [-0.1, -0.05) is 27.2 Å². The number of rotatable bonds is 4. The van der Waals surface area contributed by atoms with E-state index in [0.29, 0.717) is 5.92 Å². The van der Waals surface area contributed by atoms with Crippen LogP contribution in [-0.2, 0) is 4.79 Å². The van der Waals surface area contributed by atoms with Crippen LogP contribution in [0.25, 0.3) is 0 Å². The Bertz CT molecular complexity index is 150. The number of nitrogens with two attached hydrogens (primary N) is 1. The summed E-state index contributed by atoms with van der Waals surface area (Å²) in [5.74, 6) is -0.104. The van der Waals surface area contributed by atoms with Crippen molar-refractivity contribution in [2.75, 3.05) is 0 Å². The van der Waals surface area contributed by atoms with Crippen LogP contribution in [0.4, 0.5) is 0 Å². The maximum atomic E-state index is 9.37. The normalized spacial score (nSPS) is 12.7. The molecule has 0 heterocycles. The maximum absolute atomic E-state index is 9.37. The van der Waals surface area contributed by atoms with E-state index in [0.717, 1.165) is 0 Å². The highest BCUT2D eigenvalue weighted by atomic mass is 16.4. The Kier molecular flexibility index (Phi) is 8.85. The SMILES string of the molecule is CCC(=O)O.CCCC(C)C(C)(C)N. The van der Waals surface area contributed by atoms with Gasteiger partial charge in [-0.05, 0) is 26.2 Å². The average molecular weight is 203 g/mol. The molecule has 0 saturated carbocycles. The van der Waals surface area contributed by atoms with Crippen molar-refractivity contribution < 1.29 is 9.90 Å². The minimum Gasteiger partial charge on any atom is -0.481 e. The van der Waals surface area contributed by atoms with Gasteiger partial charge in [-0.3, -0.25) is 4.79 Å². The highest BCUT2D eigenvalue weighted by Gasteiger charge is 2.18. The first-order valence-electron chi connectivity index (χ1n) is 5.26. The number of hydrogen-bond acceptors (Lipinski definition) is 2. The number of carboxylic acid groups (broad SMARTS) is 1. The molecule has 0 aliphatic heterocycles. The van der Waals surface area contributed by atoms with E-state index in [1.165, 1.54) is 12.8 Å². The van der Waals surface area contributed by atoms with Gasteiger partial charge in [0.05, 0.1) is 0 Å². The molecule has 0 bridgehead atoms. The van der Waals surface area contributed by atoms with Crippen LogP contribution in [0, 0.1) is 5.92 Å². The zero-order chi connectivity index (χ0) is 11.8. The molecular weight excluding hydrogens is 178 g/mol. The van der Waals surface area contributed by atoms with Gasteiger partial charge in [0, 0.05) is 12.0 Å². The summed E-state index contributed by atoms with van der Waals surface area (Å²) in [5.41, 5.74) is 5.87. The maximum Gasteiger partial charge on any atom is 0.303 e. The van der Waals surface area contributed by atoms with Crippen molar-refractivity contribution in [3.63, 3.8) is 0 Å². The van der Waals surface area contributed by atoms with Gasteiger partial charge in [-0.15, -0.1) is 0 Å². The smallest absolute Gasteiger partial charge is 0.303 e. The molecule has 1 unspecified atom stereocenters. The second kappa shape index (κ2) is 7.80. The van der Waals surface area contributed by atoms with E-state index < -0.39 is 5.97 Å². The van der Waals surface area contributed by atoms with Crippen molar-refractivity contribution in [1.29, 1.82) is 0 Å². The summed E-state index contributed by atoms with van der Waals surface area (Å²) in [6.45, 7) is 10.2. The standard InChI is InChI=1S/C8H19N.C3H6O2/c1-5-6-7(2)8(3,4)9;1-2-3(4)5/h7H,5-6,9H2,1-4H3;2H2,1H3,(H,4,5). The van der Waals surface area contributed by atoms with Crippen LogP contribution in [-0.4, -0.2) is 16.6 Å². The van der Waals surface area contributed by atoms with Crippen LogP contribution in [0.15, 0.2) is 0 Å². The topological polar surface area (TPSA) is 63.3 Å². The molecular formula is C11H25NO2. The number of aliphatic carboxylic acids is 1. The number of hydrogen-bond donors (Lipinski definition) is 2. The summed E-state index contributed by atoms with van der Waals surface area (Å²) >= 11 is 0. The lowest BCUT2D eigenvalue weighted by Crippen LogP contribution is -2.39. The Balaban J connectivity index is 0. The van der Waals surface area contributed by atoms with Crippen LogP contribution in [0.5, 0.6) is 0 Å². The van der Waals surface area contributed by atoms with Crippen LogP contribution >= 0.6 is 0 Å². The third kappa shape index (κ3) is 11.4. The molecule has 0 fully saturated rings. The van der Waals surface area contributed by atoms with Gasteiger partial charge >= 0.3 is 5.97 Å². The van der Waals surface area contributed by atoms with Crippen molar-refractivity contribution in [3.05, 3.63) is 0 Å². The van der Waals surface area contributed by atoms with Gasteiger partial charge in [0.1, 0.15) is 0 Å². The highest BCUT2D eigenvalue weighted by molar-refractivity contribution is 5.66. The monoisotopic (exact) mass is 203 g/mol. The predicted octanol–water partition coefficient (Wildman–Crippen LogP) is 2.64. The van der Waals surface area contributed by atoms with Crippen LogP contribution in [0.3, 0.4) is 0 Å². The number of carbonyl (C=O) groups is 1. The van der Waals surface area contributed by atoms with E-state index in [-0.39, 0.29) is 12.0 Å². The van der Waals surface area contributed by atoms with Gasteiger partial charge in [0.15, 0.2) is 0 Å². The summed E-state index contributed by atoms with van der Waals surface area (Å²) in [6.07, 6.45) is 2.70. The summed E-state index contributed by atoms with van der Waals surface area (Å²) in [4.78, 5) is 9.37. The Labute approximate surface area is 87.7 Å². The van der Waals surface area contributed by atoms with Gasteiger partial charge in [0.25, 0.3) is 0 Å². The predicted molar refractivity (Wildman–Crippen MR) is 60.3 cm³/mol. The Morgan fingerprint density at radius 3 is 1.86 bits per heavy atom. The molecule has 0 saturated heterocycles. The summed E-state index contributed by atoms with van der Waals surface area (Å²) in [5, 5.41) is 7.72. The molecule has 0 amide bonds. The molecule has 3 nitrogen and oxygen atoms in total. The molecule has 0 aliphatic carbocycles. The second-order valence-corrected chi connectivity index (χ2v) is 4.26. The molecule has 0 aromatic carbocycles. The minimum absolute atomic E-state index is 0.00993. The highest BCUT2D eigenvalue weighted by Crippen LogP contribution is 2.17. The third-order valence-corrected chi connectivity index (χ3v) is 2.29. The van der Waals surface area contributed by atoms with Gasteiger partial charge in [-0.2, -0.15) is 0 Å². The van der Waals surface area contributed by atoms with E-state index in [2.05, 4.69) is 27.7 Å². The first-order valence-corrected chi connectivity index (χ1v) is 5.26. The fourth-order valence-corrected chi connectivity index (χ4v) is 0.805. The fraction of sp³-hybridized carbons (Fsp3) is 0.909. The Morgan fingerprint density at radius 1 is 1.43 bits per heavy atom. The summed E-state index contributed by atoms with van der Waals surface area (Å²) < 4.78 is 0. The van der Waals surface area contributed by atoms with Gasteiger partial charge in [0.2, 0.25) is 0 Å². The summed E-state index contributed by atoms with van der Waals surface area (Å²) in [6, 6.07) is 0. The van der Waals surface area contributed by atoms with Gasteiger partial charge < -0.3 is 10.8 Å². The first-order chi connectivity index (χ1) is 6.25. The largest absolute Gasteiger partial charge is 0.481 e. The minimum atomic E-state index is -0.745. The van der Waals surface area contributed by atoms with Gasteiger partial charge in [-0.25, -0.2) is 0 Å². The molecule has 0 rings (SSSR count). The Morgan fingerprint density at radius 2 is 1.79 bits per heavy atom. The van der Waals surface area contributed by atoms with E-state index in [4.69, 9.17) is 10.8 Å². The molecule has 0 spiro atoms. The molecule has 3 N–H and O–H groups in total. The van der Waals surface area contributed by atoms with Crippen LogP contribution < -0.4 is 5.73 Å². The lowest BCUT2D eigenvalue weighted by atomic mass is 9.87. The van der Waals surface area contributed by atoms with E-state index >= 15 is 0 Å². The first kappa shape index (κ1) is 15.9. The molecule has 0 aliphatic rings. The lowest BCUT2D eigenvalue weighted by Gasteiger charge is -2.26. The van der Waals surface area contributed by atoms with E-state index in [1.54, 1.807) is 6.92 Å². The zero-order valence-electron chi connectivity index (χ0n) is 10.1. The molecule has 0 radical (unpaired) electrons. The third-order valence-electron chi connectivity index (χ3n) is 2.29. The second-order valence-electron chi connectivity index (χ2n) is 4.26. The Hall–Kier alpha value is -0.570. The van der Waals surface area contributed by atoms with E-state index in [1.807, 2.05) is 0 Å². The molecule has 1 atom stereocenters. The van der Waals surface area contributed by atoms with Crippen molar-refractivity contribution in [1.82, 2.24) is 0 Å². The average Bonchev–Trinajstić information content (AvgIpc) is 2.04. The van der Waals surface area contributed by atoms with Crippen molar-refractivity contribution in [3.8, 4) is 0 Å². The quantitative estimate of drug-likeness (QED) is 0.738. The van der Waals surface area contributed by atoms with Crippen LogP contribution in [0.2, 0.25) is 0 Å². The van der Waals surface area contributed by atoms with Crippen LogP contribution in [0.1, 0.15) is 53.9 Å². The number of carboxylic acids is 1. The fourth-order valence-electron chi connectivity index (χ4n) is 0.805. The molecule has 86 valence electrons. The van der Waals surface area contributed by atoms with E-state index in [9.17, 15) is 4.79 Å². The molecule has 0 aromatic rings. The molecule has 0 aromatic heterocycles. The molecule has 3 heteroatoms. The molecule has 14 heavy (non-hydrogen) atoms. The lowest BCUT2D eigenvalue weighted by molar-refractivity contribution is -0.136. The zero-order valence-corrected chi connectivity index (χ0v) is 10.1. The van der Waals surface area contributed by atoms with Crippen molar-refractivity contribution >= 4 is 5.97 Å². The van der Waals surface area contributed by atoms with Crippen molar-refractivity contribution in [2.45, 2.75) is 59.4 Å². The van der Waals surface area contributed by atoms with Crippen molar-refractivity contribution in [2.24, 2.45) is 11.7 Å². The summed E-state index contributed by atoms with van der Waals surface area (Å²) in [7, 11) is 0.